The van der Waals surface area contributed by atoms with Crippen LogP contribution in [0.4, 0.5) is 0 Å². The molecule has 20 heavy (non-hydrogen) atoms. The summed E-state index contributed by atoms with van der Waals surface area (Å²) in [4.78, 5) is 13.8. The monoisotopic (exact) mass is 315 g/mol. The van der Waals surface area contributed by atoms with Crippen LogP contribution in [-0.4, -0.2) is 35.4 Å². The third kappa shape index (κ3) is 2.67. The number of fused-ring (bicyclic) bond motifs is 1. The number of ether oxygens (including phenoxy) is 2. The fourth-order valence-electron chi connectivity index (χ4n) is 2.29. The number of benzene rings is 1. The number of nitrogens with zero attached hydrogens (tertiary/aromatic N) is 1. The number of carbonyl (C=O) groups excluding carboxylic acids is 1. The van der Waals surface area contributed by atoms with Crippen LogP contribution in [0, 0.1) is 5.92 Å². The summed E-state index contributed by atoms with van der Waals surface area (Å²) in [5.41, 5.74) is 0.987. The molecule has 0 radical (unpaired) electrons. The molecule has 0 spiro atoms. The van der Waals surface area contributed by atoms with Crippen LogP contribution in [0.5, 0.6) is 11.5 Å². The maximum atomic E-state index is 12.1. The van der Waals surface area contributed by atoms with E-state index in [1.54, 1.807) is 11.9 Å². The summed E-state index contributed by atoms with van der Waals surface area (Å²) in [6, 6.07) is 5.70. The van der Waals surface area contributed by atoms with Gasteiger partial charge in [0.15, 0.2) is 11.5 Å². The Morgan fingerprint density at radius 1 is 1.35 bits per heavy atom. The summed E-state index contributed by atoms with van der Waals surface area (Å²) in [6.07, 6.45) is 0.528. The van der Waals surface area contributed by atoms with E-state index in [0.717, 1.165) is 17.1 Å². The molecule has 0 aromatic heterocycles. The van der Waals surface area contributed by atoms with E-state index in [9.17, 15) is 4.79 Å². The molecule has 4 nitrogen and oxygen atoms in total. The number of hydrogen-bond acceptors (Lipinski definition) is 3. The lowest BCUT2D eigenvalue weighted by molar-refractivity contribution is -0.131. The average molecular weight is 316 g/mol. The summed E-state index contributed by atoms with van der Waals surface area (Å²) < 4.78 is 10.1. The van der Waals surface area contributed by atoms with E-state index in [0.29, 0.717) is 26.2 Å². The minimum atomic E-state index is -0.877. The number of rotatable bonds is 3. The van der Waals surface area contributed by atoms with Gasteiger partial charge >= 0.3 is 0 Å². The lowest BCUT2D eigenvalue weighted by Crippen LogP contribution is -2.29. The zero-order chi connectivity index (χ0) is 14.3. The van der Waals surface area contributed by atoms with E-state index < -0.39 is 4.33 Å². The van der Waals surface area contributed by atoms with Crippen LogP contribution in [0.25, 0.3) is 0 Å². The zero-order valence-corrected chi connectivity index (χ0v) is 12.6. The molecule has 1 aliphatic heterocycles. The third-order valence-corrected chi connectivity index (χ3v) is 4.36. The fourth-order valence-corrected chi connectivity index (χ4v) is 2.78. The van der Waals surface area contributed by atoms with E-state index in [2.05, 4.69) is 0 Å². The molecule has 1 heterocycles. The molecule has 0 bridgehead atoms. The number of amides is 1. The lowest BCUT2D eigenvalue weighted by atomic mass is 10.1. The van der Waals surface area contributed by atoms with Crippen LogP contribution in [-0.2, 0) is 11.3 Å². The van der Waals surface area contributed by atoms with Crippen molar-refractivity contribution in [2.75, 3.05) is 20.3 Å². The van der Waals surface area contributed by atoms with Crippen molar-refractivity contribution in [3.63, 3.8) is 0 Å². The number of alkyl halides is 2. The van der Waals surface area contributed by atoms with E-state index in [-0.39, 0.29) is 11.8 Å². The van der Waals surface area contributed by atoms with E-state index in [4.69, 9.17) is 32.7 Å². The van der Waals surface area contributed by atoms with Gasteiger partial charge in [0.1, 0.15) is 17.5 Å². The second-order valence-corrected chi connectivity index (χ2v) is 6.73. The summed E-state index contributed by atoms with van der Waals surface area (Å²) in [6.45, 7) is 1.62. The van der Waals surface area contributed by atoms with E-state index >= 15 is 0 Å². The molecule has 1 aromatic carbocycles. The molecule has 1 unspecified atom stereocenters. The molecule has 1 atom stereocenters. The Bertz CT molecular complexity index is 547. The van der Waals surface area contributed by atoms with Gasteiger partial charge in [-0.2, -0.15) is 0 Å². The van der Waals surface area contributed by atoms with Crippen LogP contribution in [0.3, 0.4) is 0 Å². The maximum Gasteiger partial charge on any atom is 0.228 e. The lowest BCUT2D eigenvalue weighted by Gasteiger charge is -2.21. The SMILES string of the molecule is CN(Cc1ccc2c(c1)OCCO2)C(=O)C1CC1(Cl)Cl. The third-order valence-electron chi connectivity index (χ3n) is 3.53. The average Bonchev–Trinajstić information content (AvgIpc) is 3.06. The Labute approximate surface area is 127 Å². The first kappa shape index (κ1) is 13.8. The summed E-state index contributed by atoms with van der Waals surface area (Å²) in [5, 5.41) is 0. The topological polar surface area (TPSA) is 38.8 Å². The molecule has 3 rings (SSSR count). The molecule has 1 fully saturated rings. The Morgan fingerprint density at radius 2 is 2.00 bits per heavy atom. The predicted molar refractivity (Wildman–Crippen MR) is 76.5 cm³/mol. The summed E-state index contributed by atoms with van der Waals surface area (Å²) in [5.74, 6) is 1.17. The van der Waals surface area contributed by atoms with Crippen molar-refractivity contribution in [2.24, 2.45) is 5.92 Å². The molecule has 108 valence electrons. The molecule has 1 aliphatic carbocycles. The Balaban J connectivity index is 1.67. The molecular weight excluding hydrogens is 301 g/mol. The van der Waals surface area contributed by atoms with Gasteiger partial charge in [-0.05, 0) is 24.1 Å². The second-order valence-electron chi connectivity index (χ2n) is 5.19. The van der Waals surface area contributed by atoms with Crippen LogP contribution in [0.2, 0.25) is 0 Å². The van der Waals surface area contributed by atoms with Crippen LogP contribution < -0.4 is 9.47 Å². The van der Waals surface area contributed by atoms with Gasteiger partial charge in [0, 0.05) is 13.6 Å². The van der Waals surface area contributed by atoms with E-state index in [1.807, 2.05) is 18.2 Å². The maximum absolute atomic E-state index is 12.1. The predicted octanol–water partition coefficient (Wildman–Crippen LogP) is 2.61. The summed E-state index contributed by atoms with van der Waals surface area (Å²) >= 11 is 11.9. The van der Waals surface area contributed by atoms with Gasteiger partial charge in [0.25, 0.3) is 0 Å². The Kier molecular flexibility index (Phi) is 3.46. The minimum Gasteiger partial charge on any atom is -0.486 e. The molecule has 0 N–H and O–H groups in total. The molecule has 1 amide bonds. The van der Waals surface area contributed by atoms with Crippen LogP contribution >= 0.6 is 23.2 Å². The first-order chi connectivity index (χ1) is 9.47. The molecule has 6 heteroatoms. The Hall–Kier alpha value is -1.13. The highest BCUT2D eigenvalue weighted by Gasteiger charge is 2.57. The highest BCUT2D eigenvalue weighted by atomic mass is 35.5. The molecular formula is C14H15Cl2NO3. The summed E-state index contributed by atoms with van der Waals surface area (Å²) in [7, 11) is 1.75. The molecule has 0 saturated heterocycles. The number of halogens is 2. The minimum absolute atomic E-state index is 0.0233. The van der Waals surface area contributed by atoms with Crippen LogP contribution in [0.1, 0.15) is 12.0 Å². The number of hydrogen-bond donors (Lipinski definition) is 0. The normalized spacial score (nSPS) is 22.2. The van der Waals surface area contributed by atoms with Crippen molar-refractivity contribution in [1.29, 1.82) is 0 Å². The van der Waals surface area contributed by atoms with Gasteiger partial charge in [-0.1, -0.05) is 6.07 Å². The van der Waals surface area contributed by atoms with Crippen molar-refractivity contribution in [1.82, 2.24) is 4.90 Å². The quantitative estimate of drug-likeness (QED) is 0.805. The van der Waals surface area contributed by atoms with Crippen molar-refractivity contribution >= 4 is 29.1 Å². The Morgan fingerprint density at radius 3 is 2.65 bits per heavy atom. The first-order valence-corrected chi connectivity index (χ1v) is 7.24. The fraction of sp³-hybridized carbons (Fsp3) is 0.500. The van der Waals surface area contributed by atoms with Crippen molar-refractivity contribution in [3.8, 4) is 11.5 Å². The largest absolute Gasteiger partial charge is 0.486 e. The molecule has 2 aliphatic rings. The standard InChI is InChI=1S/C14H15Cl2NO3/c1-17(13(18)10-7-14(10,15)16)8-9-2-3-11-12(6-9)20-5-4-19-11/h2-3,6,10H,4-5,7-8H2,1H3. The van der Waals surface area contributed by atoms with Gasteiger partial charge in [-0.3, -0.25) is 4.79 Å². The van der Waals surface area contributed by atoms with Gasteiger partial charge in [0.05, 0.1) is 5.92 Å². The van der Waals surface area contributed by atoms with E-state index in [1.165, 1.54) is 0 Å². The second kappa shape index (κ2) is 5.01. The van der Waals surface area contributed by atoms with Gasteiger partial charge in [0.2, 0.25) is 5.91 Å². The van der Waals surface area contributed by atoms with Crippen molar-refractivity contribution in [3.05, 3.63) is 23.8 Å². The van der Waals surface area contributed by atoms with Crippen LogP contribution in [0.15, 0.2) is 18.2 Å². The highest BCUT2D eigenvalue weighted by Crippen LogP contribution is 2.53. The number of carbonyl (C=O) groups is 1. The molecule has 1 saturated carbocycles. The van der Waals surface area contributed by atoms with Gasteiger partial charge in [-0.25, -0.2) is 0 Å². The van der Waals surface area contributed by atoms with Crippen molar-refractivity contribution < 1.29 is 14.3 Å². The zero-order valence-electron chi connectivity index (χ0n) is 11.1. The smallest absolute Gasteiger partial charge is 0.228 e. The van der Waals surface area contributed by atoms with Gasteiger partial charge in [-0.15, -0.1) is 23.2 Å². The molecule has 1 aromatic rings. The highest BCUT2D eigenvalue weighted by molar-refractivity contribution is 6.52. The first-order valence-electron chi connectivity index (χ1n) is 6.49. The van der Waals surface area contributed by atoms with Crippen molar-refractivity contribution in [2.45, 2.75) is 17.3 Å². The van der Waals surface area contributed by atoms with Gasteiger partial charge < -0.3 is 14.4 Å².